The van der Waals surface area contributed by atoms with Gasteiger partial charge in [-0.25, -0.2) is 4.98 Å². The first-order valence-electron chi connectivity index (χ1n) is 10.4. The Morgan fingerprint density at radius 1 is 1.13 bits per heavy atom. The number of ether oxygens (including phenoxy) is 1. The molecule has 3 heterocycles. The largest absolute Gasteiger partial charge is 0.485 e. The van der Waals surface area contributed by atoms with Crippen molar-refractivity contribution in [1.29, 1.82) is 0 Å². The molecule has 1 aromatic carbocycles. The highest BCUT2D eigenvalue weighted by molar-refractivity contribution is 5.92. The van der Waals surface area contributed by atoms with Crippen LogP contribution in [-0.4, -0.2) is 26.8 Å². The van der Waals surface area contributed by atoms with E-state index in [2.05, 4.69) is 42.3 Å². The molecule has 6 heteroatoms. The van der Waals surface area contributed by atoms with E-state index in [-0.39, 0.29) is 5.91 Å². The van der Waals surface area contributed by atoms with Crippen molar-refractivity contribution < 1.29 is 9.53 Å². The molecule has 0 aliphatic heterocycles. The molecule has 0 saturated carbocycles. The minimum atomic E-state index is -0.175. The average molecular weight is 415 g/mol. The predicted octanol–water partition coefficient (Wildman–Crippen LogP) is 4.65. The molecule has 6 nitrogen and oxygen atoms in total. The normalized spacial score (nSPS) is 11.0. The minimum absolute atomic E-state index is 0.175. The van der Waals surface area contributed by atoms with Crippen LogP contribution in [0.3, 0.4) is 0 Å². The van der Waals surface area contributed by atoms with Crippen LogP contribution in [0.15, 0.2) is 54.9 Å². The summed E-state index contributed by atoms with van der Waals surface area (Å²) >= 11 is 0. The molecule has 1 amide bonds. The molecular formula is C25H26N4O2. The van der Waals surface area contributed by atoms with Gasteiger partial charge in [-0.1, -0.05) is 23.8 Å². The van der Waals surface area contributed by atoms with Crippen LogP contribution in [0.4, 0.5) is 0 Å². The number of imidazole rings is 1. The summed E-state index contributed by atoms with van der Waals surface area (Å²) in [4.78, 5) is 21.1. The van der Waals surface area contributed by atoms with E-state index in [9.17, 15) is 4.79 Å². The van der Waals surface area contributed by atoms with Gasteiger partial charge in [0, 0.05) is 24.5 Å². The van der Waals surface area contributed by atoms with Crippen LogP contribution in [0, 0.1) is 20.8 Å². The molecule has 0 aliphatic carbocycles. The van der Waals surface area contributed by atoms with Crippen LogP contribution in [0.25, 0.3) is 16.9 Å². The van der Waals surface area contributed by atoms with Crippen LogP contribution in [0.5, 0.6) is 5.75 Å². The van der Waals surface area contributed by atoms with Crippen LogP contribution in [-0.2, 0) is 6.61 Å². The van der Waals surface area contributed by atoms with Gasteiger partial charge >= 0.3 is 0 Å². The molecule has 158 valence electrons. The molecule has 0 saturated heterocycles. The number of aryl methyl sites for hydroxylation is 3. The molecule has 1 N–H and O–H groups in total. The molecule has 31 heavy (non-hydrogen) atoms. The number of hydrogen-bond donors (Lipinski definition) is 1. The lowest BCUT2D eigenvalue weighted by Gasteiger charge is -2.11. The Kier molecular flexibility index (Phi) is 5.71. The molecular weight excluding hydrogens is 388 g/mol. The fourth-order valence-corrected chi connectivity index (χ4v) is 3.70. The van der Waals surface area contributed by atoms with Crippen molar-refractivity contribution in [3.05, 3.63) is 82.9 Å². The number of amides is 1. The first-order valence-corrected chi connectivity index (χ1v) is 10.4. The Bertz CT molecular complexity index is 1240. The number of pyridine rings is 2. The Balaban J connectivity index is 1.65. The third kappa shape index (κ3) is 4.14. The van der Waals surface area contributed by atoms with Gasteiger partial charge in [-0.3, -0.25) is 14.2 Å². The number of aromatic nitrogens is 3. The van der Waals surface area contributed by atoms with Gasteiger partial charge in [0.1, 0.15) is 12.3 Å². The van der Waals surface area contributed by atoms with Gasteiger partial charge in [0.05, 0.1) is 11.4 Å². The average Bonchev–Trinajstić information content (AvgIpc) is 3.10. The lowest BCUT2D eigenvalue weighted by Crippen LogP contribution is -2.23. The fourth-order valence-electron chi connectivity index (χ4n) is 3.70. The number of fused-ring (bicyclic) bond motifs is 1. The van der Waals surface area contributed by atoms with Gasteiger partial charge in [0.2, 0.25) is 0 Å². The maximum atomic E-state index is 12.0. The number of benzene rings is 1. The summed E-state index contributed by atoms with van der Waals surface area (Å²) in [6.07, 6.45) is 3.68. The number of nitrogens with zero attached hydrogens (tertiary/aromatic N) is 3. The molecule has 0 unspecified atom stereocenters. The molecule has 4 rings (SSSR count). The topological polar surface area (TPSA) is 68.5 Å². The maximum absolute atomic E-state index is 12.0. The van der Waals surface area contributed by atoms with E-state index in [1.54, 1.807) is 12.3 Å². The maximum Gasteiger partial charge on any atom is 0.269 e. The van der Waals surface area contributed by atoms with Crippen molar-refractivity contribution in [2.75, 3.05) is 6.54 Å². The van der Waals surface area contributed by atoms with Gasteiger partial charge in [-0.2, -0.15) is 0 Å². The summed E-state index contributed by atoms with van der Waals surface area (Å²) in [6, 6.07) is 13.9. The lowest BCUT2D eigenvalue weighted by atomic mass is 10.1. The highest BCUT2D eigenvalue weighted by Crippen LogP contribution is 2.29. The van der Waals surface area contributed by atoms with Gasteiger partial charge in [-0.15, -0.1) is 0 Å². The SMILES string of the molecule is CCNC(=O)c1ccc(-c2c(C)nc3c(OCc4ccc(C)cc4C)cccn23)cn1. The quantitative estimate of drug-likeness (QED) is 0.499. The van der Waals surface area contributed by atoms with E-state index < -0.39 is 0 Å². The van der Waals surface area contributed by atoms with E-state index in [1.807, 2.05) is 42.6 Å². The van der Waals surface area contributed by atoms with Crippen molar-refractivity contribution in [2.45, 2.75) is 34.3 Å². The van der Waals surface area contributed by atoms with Crippen LogP contribution in [0.2, 0.25) is 0 Å². The molecule has 3 aromatic heterocycles. The van der Waals surface area contributed by atoms with Crippen LogP contribution in [0.1, 0.15) is 39.8 Å². The van der Waals surface area contributed by atoms with E-state index in [1.165, 1.54) is 11.1 Å². The second kappa shape index (κ2) is 8.60. The Morgan fingerprint density at radius 3 is 2.68 bits per heavy atom. The van der Waals surface area contributed by atoms with Gasteiger partial charge in [0.15, 0.2) is 11.4 Å². The highest BCUT2D eigenvalue weighted by atomic mass is 16.5. The summed E-state index contributed by atoms with van der Waals surface area (Å²) < 4.78 is 8.17. The summed E-state index contributed by atoms with van der Waals surface area (Å²) in [5.74, 6) is 0.551. The fraction of sp³-hybridized carbons (Fsp3) is 0.240. The summed E-state index contributed by atoms with van der Waals surface area (Å²) in [5.41, 5.74) is 7.46. The van der Waals surface area contributed by atoms with Gasteiger partial charge in [-0.05, 0) is 63.1 Å². The van der Waals surface area contributed by atoms with Gasteiger partial charge in [0.25, 0.3) is 5.91 Å². The van der Waals surface area contributed by atoms with E-state index in [0.717, 1.165) is 33.9 Å². The molecule has 0 radical (unpaired) electrons. The third-order valence-electron chi connectivity index (χ3n) is 5.28. The third-order valence-corrected chi connectivity index (χ3v) is 5.28. The first kappa shape index (κ1) is 20.6. The van der Waals surface area contributed by atoms with E-state index in [4.69, 9.17) is 9.72 Å². The van der Waals surface area contributed by atoms with Gasteiger partial charge < -0.3 is 10.1 Å². The van der Waals surface area contributed by atoms with Crippen molar-refractivity contribution >= 4 is 11.6 Å². The number of rotatable bonds is 6. The van der Waals surface area contributed by atoms with Crippen molar-refractivity contribution in [1.82, 2.24) is 19.7 Å². The van der Waals surface area contributed by atoms with Crippen molar-refractivity contribution in [3.63, 3.8) is 0 Å². The van der Waals surface area contributed by atoms with Crippen molar-refractivity contribution in [2.24, 2.45) is 0 Å². The van der Waals surface area contributed by atoms with Crippen LogP contribution < -0.4 is 10.1 Å². The number of hydrogen-bond acceptors (Lipinski definition) is 4. The molecule has 4 aromatic rings. The molecule has 0 atom stereocenters. The zero-order chi connectivity index (χ0) is 22.0. The molecule has 0 aliphatic rings. The van der Waals surface area contributed by atoms with Crippen LogP contribution >= 0.6 is 0 Å². The monoisotopic (exact) mass is 414 g/mol. The Hall–Kier alpha value is -3.67. The van der Waals surface area contributed by atoms with E-state index in [0.29, 0.717) is 18.8 Å². The summed E-state index contributed by atoms with van der Waals surface area (Å²) in [7, 11) is 0. The molecule has 0 fully saturated rings. The highest BCUT2D eigenvalue weighted by Gasteiger charge is 2.16. The number of nitrogens with one attached hydrogen (secondary N) is 1. The molecule has 0 bridgehead atoms. The lowest BCUT2D eigenvalue weighted by molar-refractivity contribution is 0.0951. The zero-order valence-electron chi connectivity index (χ0n) is 18.3. The Morgan fingerprint density at radius 2 is 1.97 bits per heavy atom. The zero-order valence-corrected chi connectivity index (χ0v) is 18.3. The predicted molar refractivity (Wildman–Crippen MR) is 121 cm³/mol. The summed E-state index contributed by atoms with van der Waals surface area (Å²) in [5, 5.41) is 2.76. The first-order chi connectivity index (χ1) is 15.0. The minimum Gasteiger partial charge on any atom is -0.485 e. The standard InChI is InChI=1S/C25H26N4O2/c1-5-26-25(30)21-11-10-19(14-27-21)23-18(4)28-24-22(7-6-12-29(23)24)31-15-20-9-8-16(2)13-17(20)3/h6-14H,5,15H2,1-4H3,(H,26,30). The smallest absolute Gasteiger partial charge is 0.269 e. The van der Waals surface area contributed by atoms with E-state index >= 15 is 0 Å². The summed E-state index contributed by atoms with van der Waals surface area (Å²) in [6.45, 7) is 9.09. The number of carbonyl (C=O) groups is 1. The molecule has 0 spiro atoms. The number of carbonyl (C=O) groups excluding carboxylic acids is 1. The van der Waals surface area contributed by atoms with Crippen molar-refractivity contribution in [3.8, 4) is 17.0 Å². The Labute approximate surface area is 181 Å². The second-order valence-corrected chi connectivity index (χ2v) is 7.62. The second-order valence-electron chi connectivity index (χ2n) is 7.62.